The summed E-state index contributed by atoms with van der Waals surface area (Å²) in [6.45, 7) is 3.00. The summed E-state index contributed by atoms with van der Waals surface area (Å²) in [5.41, 5.74) is 1.60. The van der Waals surface area contributed by atoms with Gasteiger partial charge in [0.15, 0.2) is 23.0 Å². The minimum absolute atomic E-state index is 0.0415. The van der Waals surface area contributed by atoms with Crippen molar-refractivity contribution in [2.24, 2.45) is 0 Å². The van der Waals surface area contributed by atoms with Crippen LogP contribution in [-0.4, -0.2) is 104 Å². The molecule has 4 amide bonds. The number of urea groups is 2. The zero-order chi connectivity index (χ0) is 35.8. The third-order valence-corrected chi connectivity index (χ3v) is 9.11. The summed E-state index contributed by atoms with van der Waals surface area (Å²) < 4.78 is 4.74. The number of carbonyl (C=O) groups excluding carboxylic acids is 3. The molecule has 4 aromatic heterocycles. The third kappa shape index (κ3) is 6.70. The number of fused-ring (bicyclic) bond motifs is 8. The standard InChI is InChI=1S/C16H15ClN6O3.C15H13ClN6O3/c1-26-15(24)10-2-3-11-14(20-10)23(9-4-5-22(11)7-9)16(25)21-13-6-12(17)18-8-19-13;16-11-5-12(18-7-17-11)20-15(25)22-8-3-4-21(6-8)10-2-1-9(14(23)24)19-13(10)22/h2-3,6,8-9H,4-5,7H2,1H3,(H,18,19,21,25);1-2,5,7-8H,3-4,6H2,(H,23,24)(H,17,18,20,25)/t9-;8-/m00/s1. The molecule has 2 fully saturated rings. The smallest absolute Gasteiger partial charge is 0.356 e. The van der Waals surface area contributed by atoms with Crippen molar-refractivity contribution in [3.8, 4) is 0 Å². The van der Waals surface area contributed by atoms with Gasteiger partial charge in [-0.3, -0.25) is 20.4 Å². The fraction of sp³-hybridized carbons (Fsp3) is 0.290. The second-order valence-electron chi connectivity index (χ2n) is 11.7. The highest BCUT2D eigenvalue weighted by atomic mass is 35.5. The predicted molar refractivity (Wildman–Crippen MR) is 185 cm³/mol. The Labute approximate surface area is 299 Å². The minimum Gasteiger partial charge on any atom is -0.477 e. The Morgan fingerprint density at radius 1 is 0.745 bits per heavy atom. The number of nitrogens with one attached hydrogen (secondary N) is 2. The number of methoxy groups -OCH3 is 1. The van der Waals surface area contributed by atoms with Crippen molar-refractivity contribution in [1.29, 1.82) is 0 Å². The first-order chi connectivity index (χ1) is 24.6. The average molecular weight is 736 g/mol. The summed E-state index contributed by atoms with van der Waals surface area (Å²) >= 11 is 11.7. The van der Waals surface area contributed by atoms with Gasteiger partial charge in [0.05, 0.1) is 30.6 Å². The van der Waals surface area contributed by atoms with E-state index < -0.39 is 18.0 Å². The Morgan fingerprint density at radius 2 is 1.22 bits per heavy atom. The SMILES string of the molecule is COC(=O)c1ccc2c(n1)N(C(=O)Nc1cc(Cl)ncn1)[C@H]1CCN2C1.O=C(O)c1ccc2c(n1)N(C(=O)Nc1cc(Cl)ncn1)[C@H]1CCN2C1. The van der Waals surface area contributed by atoms with E-state index in [-0.39, 0.29) is 45.6 Å². The van der Waals surface area contributed by atoms with Crippen molar-refractivity contribution < 1.29 is 29.0 Å². The summed E-state index contributed by atoms with van der Waals surface area (Å²) in [6.07, 6.45) is 4.10. The van der Waals surface area contributed by atoms with E-state index in [0.29, 0.717) is 30.5 Å². The molecule has 2 atom stereocenters. The average Bonchev–Trinajstić information content (AvgIpc) is 3.73. The van der Waals surface area contributed by atoms with Gasteiger partial charge in [-0.1, -0.05) is 23.2 Å². The molecular formula is C31H28Cl2N12O6. The lowest BCUT2D eigenvalue weighted by Gasteiger charge is -2.35. The number of anilines is 6. The second-order valence-corrected chi connectivity index (χ2v) is 12.5. The number of hydrogen-bond donors (Lipinski definition) is 3. The molecule has 0 spiro atoms. The number of amides is 4. The maximum Gasteiger partial charge on any atom is 0.356 e. The third-order valence-electron chi connectivity index (χ3n) is 8.69. The molecule has 51 heavy (non-hydrogen) atoms. The molecular weight excluding hydrogens is 707 g/mol. The lowest BCUT2D eigenvalue weighted by atomic mass is 10.2. The topological polar surface area (TPSA) is 212 Å². The van der Waals surface area contributed by atoms with Crippen LogP contribution in [-0.2, 0) is 4.74 Å². The van der Waals surface area contributed by atoms with Crippen molar-refractivity contribution in [3.63, 3.8) is 0 Å². The maximum atomic E-state index is 12.9. The summed E-state index contributed by atoms with van der Waals surface area (Å²) in [5, 5.41) is 15.0. The van der Waals surface area contributed by atoms with Crippen LogP contribution in [0.2, 0.25) is 10.3 Å². The zero-order valence-electron chi connectivity index (χ0n) is 26.7. The molecule has 0 aliphatic carbocycles. The van der Waals surface area contributed by atoms with E-state index in [1.54, 1.807) is 23.1 Å². The molecule has 3 N–H and O–H groups in total. The quantitative estimate of drug-likeness (QED) is 0.201. The number of nitrogens with zero attached hydrogens (tertiary/aromatic N) is 10. The van der Waals surface area contributed by atoms with E-state index in [0.717, 1.165) is 37.3 Å². The van der Waals surface area contributed by atoms with Gasteiger partial charge in [-0.25, -0.2) is 49.1 Å². The second kappa shape index (κ2) is 13.8. The first-order valence-electron chi connectivity index (χ1n) is 15.6. The highest BCUT2D eigenvalue weighted by Crippen LogP contribution is 2.40. The number of hydrogen-bond acceptors (Lipinski definition) is 13. The molecule has 4 bridgehead atoms. The monoisotopic (exact) mass is 734 g/mol. The molecule has 4 aliphatic rings. The van der Waals surface area contributed by atoms with Crippen LogP contribution < -0.4 is 30.2 Å². The molecule has 4 aliphatic heterocycles. The van der Waals surface area contributed by atoms with Crippen molar-refractivity contribution in [3.05, 3.63) is 70.7 Å². The van der Waals surface area contributed by atoms with Gasteiger partial charge in [-0.05, 0) is 37.1 Å². The van der Waals surface area contributed by atoms with E-state index in [1.807, 2.05) is 0 Å². The highest BCUT2D eigenvalue weighted by molar-refractivity contribution is 6.30. The van der Waals surface area contributed by atoms with E-state index in [9.17, 15) is 24.3 Å². The maximum absolute atomic E-state index is 12.9. The lowest BCUT2D eigenvalue weighted by Crippen LogP contribution is -2.48. The lowest BCUT2D eigenvalue weighted by molar-refractivity contribution is 0.0593. The van der Waals surface area contributed by atoms with Crippen LogP contribution in [0, 0.1) is 0 Å². The van der Waals surface area contributed by atoms with Gasteiger partial charge in [0.1, 0.15) is 34.6 Å². The normalized spacial score (nSPS) is 17.9. The van der Waals surface area contributed by atoms with Crippen LogP contribution in [0.3, 0.4) is 0 Å². The van der Waals surface area contributed by atoms with E-state index in [2.05, 4.69) is 50.3 Å². The van der Waals surface area contributed by atoms with Crippen LogP contribution in [0.25, 0.3) is 0 Å². The molecule has 2 saturated heterocycles. The molecule has 0 unspecified atom stereocenters. The van der Waals surface area contributed by atoms with Crippen molar-refractivity contribution >= 4 is 81.8 Å². The minimum atomic E-state index is -1.14. The highest BCUT2D eigenvalue weighted by Gasteiger charge is 2.42. The number of ether oxygens (including phenoxy) is 1. The van der Waals surface area contributed by atoms with Gasteiger partial charge in [-0.15, -0.1) is 0 Å². The van der Waals surface area contributed by atoms with Crippen LogP contribution >= 0.6 is 23.2 Å². The molecule has 262 valence electrons. The Balaban J connectivity index is 0.000000159. The van der Waals surface area contributed by atoms with Crippen molar-refractivity contribution in [2.75, 3.05) is 63.5 Å². The molecule has 4 aromatic rings. The van der Waals surface area contributed by atoms with Crippen LogP contribution in [0.5, 0.6) is 0 Å². The molecule has 0 saturated carbocycles. The number of halogens is 2. The number of esters is 1. The molecule has 20 heteroatoms. The summed E-state index contributed by atoms with van der Waals surface area (Å²) in [5.74, 6) is -0.365. The van der Waals surface area contributed by atoms with Gasteiger partial charge in [0.2, 0.25) is 0 Å². The fourth-order valence-electron chi connectivity index (χ4n) is 6.42. The van der Waals surface area contributed by atoms with E-state index >= 15 is 0 Å². The predicted octanol–water partition coefficient (Wildman–Crippen LogP) is 3.80. The number of pyridine rings is 2. The van der Waals surface area contributed by atoms with Gasteiger partial charge in [-0.2, -0.15) is 0 Å². The Hall–Kier alpha value is -5.88. The van der Waals surface area contributed by atoms with Crippen LogP contribution in [0.15, 0.2) is 49.1 Å². The Kier molecular flexibility index (Phi) is 9.09. The van der Waals surface area contributed by atoms with Crippen molar-refractivity contribution in [2.45, 2.75) is 24.9 Å². The molecule has 8 rings (SSSR count). The first-order valence-corrected chi connectivity index (χ1v) is 16.3. The van der Waals surface area contributed by atoms with Crippen molar-refractivity contribution in [1.82, 2.24) is 29.9 Å². The molecule has 0 aromatic carbocycles. The zero-order valence-corrected chi connectivity index (χ0v) is 28.2. The van der Waals surface area contributed by atoms with Gasteiger partial charge in [0, 0.05) is 38.3 Å². The molecule has 0 radical (unpaired) electrons. The fourth-order valence-corrected chi connectivity index (χ4v) is 6.72. The van der Waals surface area contributed by atoms with Gasteiger partial charge >= 0.3 is 24.0 Å². The Bertz CT molecular complexity index is 2060. The molecule has 18 nitrogen and oxygen atoms in total. The van der Waals surface area contributed by atoms with Crippen LogP contribution in [0.4, 0.5) is 44.2 Å². The summed E-state index contributed by atoms with van der Waals surface area (Å²) in [6, 6.07) is 8.48. The Morgan fingerprint density at radius 3 is 1.67 bits per heavy atom. The van der Waals surface area contributed by atoms with E-state index in [4.69, 9.17) is 27.9 Å². The first kappa shape index (κ1) is 33.6. The number of rotatable bonds is 4. The largest absolute Gasteiger partial charge is 0.477 e. The van der Waals surface area contributed by atoms with E-state index in [1.165, 1.54) is 42.9 Å². The number of aromatic carboxylic acids is 1. The summed E-state index contributed by atoms with van der Waals surface area (Å²) in [7, 11) is 1.29. The number of aromatic nitrogens is 6. The van der Waals surface area contributed by atoms with Gasteiger partial charge in [0.25, 0.3) is 0 Å². The number of carboxylic acids is 1. The van der Waals surface area contributed by atoms with Crippen LogP contribution in [0.1, 0.15) is 33.8 Å². The summed E-state index contributed by atoms with van der Waals surface area (Å²) in [4.78, 5) is 80.2. The number of carboxylic acid groups (broad SMARTS) is 1. The molecule has 8 heterocycles. The van der Waals surface area contributed by atoms with Gasteiger partial charge < -0.3 is 19.6 Å². The number of carbonyl (C=O) groups is 4.